The molecule has 0 saturated heterocycles. The van der Waals surface area contributed by atoms with Crippen molar-refractivity contribution in [2.75, 3.05) is 5.32 Å². The van der Waals surface area contributed by atoms with Gasteiger partial charge in [0.1, 0.15) is 5.82 Å². The van der Waals surface area contributed by atoms with Crippen molar-refractivity contribution in [1.82, 2.24) is 19.7 Å². The van der Waals surface area contributed by atoms with Crippen LogP contribution in [0.1, 0.15) is 52.7 Å². The topological polar surface area (TPSA) is 116 Å². The van der Waals surface area contributed by atoms with Gasteiger partial charge in [-0.15, -0.1) is 11.3 Å². The van der Waals surface area contributed by atoms with Gasteiger partial charge in [0, 0.05) is 10.9 Å². The van der Waals surface area contributed by atoms with E-state index in [2.05, 4.69) is 15.4 Å². The summed E-state index contributed by atoms with van der Waals surface area (Å²) in [7, 11) is 0. The fourth-order valence-corrected chi connectivity index (χ4v) is 5.51. The van der Waals surface area contributed by atoms with Crippen LogP contribution in [-0.4, -0.2) is 30.6 Å². The first-order valence-electron chi connectivity index (χ1n) is 10.4. The van der Waals surface area contributed by atoms with Gasteiger partial charge in [-0.1, -0.05) is 30.6 Å². The molecule has 0 aliphatic heterocycles. The molecule has 1 amide bonds. The fraction of sp³-hybridized carbons (Fsp3) is 0.333. The van der Waals surface area contributed by atoms with Gasteiger partial charge in [-0.05, 0) is 38.0 Å². The molecule has 32 heavy (non-hydrogen) atoms. The summed E-state index contributed by atoms with van der Waals surface area (Å²) in [4.78, 5) is 35.1. The molecule has 0 atom stereocenters. The number of thiophene rings is 2. The molecule has 1 aliphatic rings. The summed E-state index contributed by atoms with van der Waals surface area (Å²) >= 11 is 2.42. The summed E-state index contributed by atoms with van der Waals surface area (Å²) in [6.07, 6.45) is 7.35. The summed E-state index contributed by atoms with van der Waals surface area (Å²) in [5.74, 6) is 0.446. The van der Waals surface area contributed by atoms with Crippen molar-refractivity contribution < 1.29 is 9.72 Å². The van der Waals surface area contributed by atoms with E-state index in [1.165, 1.54) is 18.6 Å². The molecule has 0 radical (unpaired) electrons. The zero-order valence-corrected chi connectivity index (χ0v) is 18.9. The maximum atomic E-state index is 12.8. The van der Waals surface area contributed by atoms with E-state index in [0.29, 0.717) is 22.7 Å². The van der Waals surface area contributed by atoms with Gasteiger partial charge in [0.15, 0.2) is 11.5 Å². The van der Waals surface area contributed by atoms with Crippen LogP contribution < -0.4 is 5.32 Å². The van der Waals surface area contributed by atoms with Crippen LogP contribution in [0.5, 0.6) is 0 Å². The number of aryl methyl sites for hydroxylation is 1. The summed E-state index contributed by atoms with van der Waals surface area (Å²) in [5, 5.41) is 19.0. The van der Waals surface area contributed by atoms with Crippen LogP contribution in [0.25, 0.3) is 21.7 Å². The number of hydrogen-bond donors (Lipinski definition) is 1. The molecule has 9 nitrogen and oxygen atoms in total. The summed E-state index contributed by atoms with van der Waals surface area (Å²) in [5.41, 5.74) is 0.695. The second-order valence-corrected chi connectivity index (χ2v) is 10.1. The van der Waals surface area contributed by atoms with E-state index in [9.17, 15) is 14.9 Å². The van der Waals surface area contributed by atoms with Crippen molar-refractivity contribution in [1.29, 1.82) is 0 Å². The molecule has 0 unspecified atom stereocenters. The Labute approximate surface area is 191 Å². The highest BCUT2D eigenvalue weighted by Crippen LogP contribution is 2.34. The molecule has 1 aliphatic carbocycles. The zero-order chi connectivity index (χ0) is 22.2. The normalized spacial score (nSPS) is 14.7. The minimum Gasteiger partial charge on any atom is -0.305 e. The predicted molar refractivity (Wildman–Crippen MR) is 124 cm³/mol. The van der Waals surface area contributed by atoms with Gasteiger partial charge >= 0.3 is 5.00 Å². The Morgan fingerprint density at radius 1 is 1.16 bits per heavy atom. The van der Waals surface area contributed by atoms with Gasteiger partial charge in [0.25, 0.3) is 5.91 Å². The van der Waals surface area contributed by atoms with Gasteiger partial charge in [-0.2, -0.15) is 5.10 Å². The standard InChI is InChI=1S/C21H20N6O3S2/c1-12-7-8-15(31-12)19-23-18(25-21(28)16-9-10-17(32-16)27(29)30)14-11-22-26(20(14)24-19)13-5-3-2-4-6-13/h7-11,13H,2-6H2,1H3,(H,23,24,25,28). The maximum Gasteiger partial charge on any atom is 0.324 e. The molecule has 0 spiro atoms. The molecular weight excluding hydrogens is 448 g/mol. The molecule has 164 valence electrons. The number of amides is 1. The Morgan fingerprint density at radius 2 is 1.97 bits per heavy atom. The monoisotopic (exact) mass is 468 g/mol. The number of nitrogens with zero attached hydrogens (tertiary/aromatic N) is 5. The number of nitro groups is 1. The number of aromatic nitrogens is 4. The average Bonchev–Trinajstić information content (AvgIpc) is 3.53. The summed E-state index contributed by atoms with van der Waals surface area (Å²) in [6.45, 7) is 2.02. The Balaban J connectivity index is 1.57. The van der Waals surface area contributed by atoms with E-state index in [1.807, 2.05) is 23.7 Å². The van der Waals surface area contributed by atoms with Crippen molar-refractivity contribution in [2.45, 2.75) is 45.1 Å². The second kappa shape index (κ2) is 8.40. The number of carbonyl (C=O) groups is 1. The van der Waals surface area contributed by atoms with Crippen LogP contribution in [0, 0.1) is 17.0 Å². The van der Waals surface area contributed by atoms with Gasteiger partial charge in [-0.3, -0.25) is 14.9 Å². The molecule has 4 aromatic heterocycles. The molecule has 1 fully saturated rings. The minimum absolute atomic E-state index is 0.0807. The van der Waals surface area contributed by atoms with Crippen LogP contribution in [0.4, 0.5) is 10.8 Å². The number of carbonyl (C=O) groups excluding carboxylic acids is 1. The predicted octanol–water partition coefficient (Wildman–Crippen LogP) is 5.59. The Hall–Kier alpha value is -3.18. The number of fused-ring (bicyclic) bond motifs is 1. The van der Waals surface area contributed by atoms with Gasteiger partial charge < -0.3 is 5.32 Å². The molecule has 4 aromatic rings. The molecule has 0 aromatic carbocycles. The molecular formula is C21H20N6O3S2. The first-order valence-corrected chi connectivity index (χ1v) is 12.0. The van der Waals surface area contributed by atoms with Crippen molar-refractivity contribution >= 4 is 50.4 Å². The van der Waals surface area contributed by atoms with Crippen LogP contribution in [-0.2, 0) is 0 Å². The Morgan fingerprint density at radius 3 is 2.66 bits per heavy atom. The van der Waals surface area contributed by atoms with E-state index in [-0.39, 0.29) is 15.9 Å². The second-order valence-electron chi connectivity index (χ2n) is 7.77. The summed E-state index contributed by atoms with van der Waals surface area (Å²) in [6, 6.07) is 7.03. The number of rotatable bonds is 5. The van der Waals surface area contributed by atoms with Crippen LogP contribution in [0.15, 0.2) is 30.5 Å². The smallest absolute Gasteiger partial charge is 0.305 e. The van der Waals surface area contributed by atoms with Crippen molar-refractivity contribution in [2.24, 2.45) is 0 Å². The van der Waals surface area contributed by atoms with Gasteiger partial charge in [0.2, 0.25) is 0 Å². The van der Waals surface area contributed by atoms with Gasteiger partial charge in [0.05, 0.1) is 32.3 Å². The van der Waals surface area contributed by atoms with Crippen LogP contribution in [0.3, 0.4) is 0 Å². The largest absolute Gasteiger partial charge is 0.324 e. The summed E-state index contributed by atoms with van der Waals surface area (Å²) < 4.78 is 1.96. The lowest BCUT2D eigenvalue weighted by Gasteiger charge is -2.22. The molecule has 4 heterocycles. The lowest BCUT2D eigenvalue weighted by atomic mass is 9.96. The number of nitrogens with one attached hydrogen (secondary N) is 1. The maximum absolute atomic E-state index is 12.8. The van der Waals surface area contributed by atoms with E-state index < -0.39 is 10.8 Å². The first kappa shape index (κ1) is 20.7. The zero-order valence-electron chi connectivity index (χ0n) is 17.3. The molecule has 1 saturated carbocycles. The Kier molecular flexibility index (Phi) is 5.43. The van der Waals surface area contributed by atoms with E-state index in [4.69, 9.17) is 4.98 Å². The quantitative estimate of drug-likeness (QED) is 0.301. The third-order valence-corrected chi connectivity index (χ3v) is 7.59. The average molecular weight is 469 g/mol. The fourth-order valence-electron chi connectivity index (χ4n) is 4.00. The first-order chi connectivity index (χ1) is 15.5. The minimum atomic E-state index is -0.504. The highest BCUT2D eigenvalue weighted by atomic mass is 32.1. The highest BCUT2D eigenvalue weighted by Gasteiger charge is 2.23. The van der Waals surface area contributed by atoms with Gasteiger partial charge in [-0.25, -0.2) is 14.6 Å². The number of anilines is 1. The Bertz CT molecular complexity index is 1320. The SMILES string of the molecule is Cc1ccc(-c2nc(NC(=O)c3ccc([N+](=O)[O-])s3)c3cnn(C4CCCCC4)c3n2)s1. The van der Waals surface area contributed by atoms with Crippen molar-refractivity contribution in [3.63, 3.8) is 0 Å². The van der Waals surface area contributed by atoms with Crippen LogP contribution >= 0.6 is 22.7 Å². The van der Waals surface area contributed by atoms with Crippen LogP contribution in [0.2, 0.25) is 0 Å². The van der Waals surface area contributed by atoms with E-state index >= 15 is 0 Å². The third kappa shape index (κ3) is 3.89. The van der Waals surface area contributed by atoms with E-state index in [0.717, 1.165) is 46.8 Å². The highest BCUT2D eigenvalue weighted by molar-refractivity contribution is 7.17. The van der Waals surface area contributed by atoms with E-state index in [1.54, 1.807) is 17.5 Å². The molecule has 5 rings (SSSR count). The van der Waals surface area contributed by atoms with Crippen molar-refractivity contribution in [3.8, 4) is 10.7 Å². The molecule has 1 N–H and O–H groups in total. The molecule has 0 bridgehead atoms. The molecule has 11 heteroatoms. The lowest BCUT2D eigenvalue weighted by molar-refractivity contribution is -0.380. The van der Waals surface area contributed by atoms with Crippen molar-refractivity contribution in [3.05, 3.63) is 50.3 Å². The third-order valence-electron chi connectivity index (χ3n) is 5.56. The number of hydrogen-bond acceptors (Lipinski definition) is 8. The lowest BCUT2D eigenvalue weighted by Crippen LogP contribution is -2.15.